The highest BCUT2D eigenvalue weighted by atomic mass is 35.5. The van der Waals surface area contributed by atoms with Gasteiger partial charge in [0.05, 0.1) is 22.6 Å². The van der Waals surface area contributed by atoms with Crippen molar-refractivity contribution >= 4 is 45.6 Å². The highest BCUT2D eigenvalue weighted by molar-refractivity contribution is 7.18. The molecule has 2 atom stereocenters. The fourth-order valence-electron chi connectivity index (χ4n) is 3.03. The number of hydrogen-bond acceptors (Lipinski definition) is 8. The lowest BCUT2D eigenvalue weighted by molar-refractivity contribution is -0.384. The Hall–Kier alpha value is -3.57. The molecule has 2 N–H and O–H groups in total. The van der Waals surface area contributed by atoms with Gasteiger partial charge < -0.3 is 10.1 Å². The summed E-state index contributed by atoms with van der Waals surface area (Å²) in [5.74, 6) is -0.577. The summed E-state index contributed by atoms with van der Waals surface area (Å²) in [5, 5.41) is 25.3. The molecule has 0 fully saturated rings. The molecule has 0 aliphatic rings. The Morgan fingerprint density at radius 2 is 1.91 bits per heavy atom. The Morgan fingerprint density at radius 3 is 2.50 bits per heavy atom. The standard InChI is InChI=1S/C22H22ClN5O5S/c1-4-12(2)18(24-19(29)16-10-7-14(28(31)32)11-17(16)23)20(30)25-22-27-26-21(34-22)13-5-8-15(33-3)9-6-13/h5-12,18H,4H2,1-3H3,(H,24,29)(H,25,27,30). The number of anilines is 1. The number of carbonyl (C=O) groups excluding carboxylic acids is 2. The van der Waals surface area contributed by atoms with E-state index in [0.29, 0.717) is 17.2 Å². The molecule has 2 aromatic carbocycles. The predicted octanol–water partition coefficient (Wildman–Crippen LogP) is 4.56. The number of non-ortho nitro benzene ring substituents is 1. The minimum Gasteiger partial charge on any atom is -0.497 e. The van der Waals surface area contributed by atoms with Crippen molar-refractivity contribution in [3.63, 3.8) is 0 Å². The molecule has 0 saturated carbocycles. The molecular formula is C22H22ClN5O5S. The zero-order valence-electron chi connectivity index (χ0n) is 18.6. The van der Waals surface area contributed by atoms with E-state index in [1.54, 1.807) is 19.2 Å². The number of carbonyl (C=O) groups is 2. The zero-order chi connectivity index (χ0) is 24.8. The molecule has 0 spiro atoms. The molecule has 0 bridgehead atoms. The summed E-state index contributed by atoms with van der Waals surface area (Å²) in [6.45, 7) is 3.72. The topological polar surface area (TPSA) is 136 Å². The van der Waals surface area contributed by atoms with Crippen LogP contribution in [0.25, 0.3) is 10.6 Å². The summed E-state index contributed by atoms with van der Waals surface area (Å²) in [6.07, 6.45) is 0.611. The van der Waals surface area contributed by atoms with Gasteiger partial charge in [-0.3, -0.25) is 25.0 Å². The van der Waals surface area contributed by atoms with Crippen molar-refractivity contribution in [3.05, 3.63) is 63.2 Å². The average molecular weight is 504 g/mol. The Kier molecular flexibility index (Phi) is 8.13. The smallest absolute Gasteiger partial charge is 0.270 e. The Labute approximate surface area is 204 Å². The summed E-state index contributed by atoms with van der Waals surface area (Å²) < 4.78 is 5.15. The van der Waals surface area contributed by atoms with Crippen LogP contribution in [-0.4, -0.2) is 40.1 Å². The van der Waals surface area contributed by atoms with Crippen molar-refractivity contribution < 1.29 is 19.2 Å². The van der Waals surface area contributed by atoms with E-state index in [-0.39, 0.29) is 27.3 Å². The number of nitrogens with zero attached hydrogens (tertiary/aromatic N) is 3. The third kappa shape index (κ3) is 5.86. The van der Waals surface area contributed by atoms with Crippen LogP contribution in [0.5, 0.6) is 5.75 Å². The summed E-state index contributed by atoms with van der Waals surface area (Å²) >= 11 is 7.26. The van der Waals surface area contributed by atoms with Crippen LogP contribution in [-0.2, 0) is 4.79 Å². The number of halogens is 1. The van der Waals surface area contributed by atoms with Gasteiger partial charge in [-0.15, -0.1) is 10.2 Å². The number of nitro groups is 1. The molecule has 3 rings (SSSR count). The quantitative estimate of drug-likeness (QED) is 0.322. The van der Waals surface area contributed by atoms with Crippen molar-refractivity contribution in [1.82, 2.24) is 15.5 Å². The molecule has 10 nitrogen and oxygen atoms in total. The van der Waals surface area contributed by atoms with E-state index in [4.69, 9.17) is 16.3 Å². The Morgan fingerprint density at radius 1 is 1.21 bits per heavy atom. The lowest BCUT2D eigenvalue weighted by atomic mass is 9.98. The molecule has 0 aliphatic heterocycles. The molecule has 0 radical (unpaired) electrons. The SMILES string of the molecule is CCC(C)C(NC(=O)c1ccc([N+](=O)[O-])cc1Cl)C(=O)Nc1nnc(-c2ccc(OC)cc2)s1. The van der Waals surface area contributed by atoms with E-state index in [9.17, 15) is 19.7 Å². The van der Waals surface area contributed by atoms with Crippen LogP contribution in [0.1, 0.15) is 30.6 Å². The number of hydrogen-bond donors (Lipinski definition) is 2. The normalized spacial score (nSPS) is 12.5. The van der Waals surface area contributed by atoms with Gasteiger partial charge in [0, 0.05) is 17.7 Å². The van der Waals surface area contributed by atoms with Crippen LogP contribution >= 0.6 is 22.9 Å². The van der Waals surface area contributed by atoms with E-state index < -0.39 is 22.8 Å². The van der Waals surface area contributed by atoms with E-state index in [1.165, 1.54) is 23.5 Å². The maximum Gasteiger partial charge on any atom is 0.270 e. The minimum atomic E-state index is -0.892. The zero-order valence-corrected chi connectivity index (χ0v) is 20.1. The highest BCUT2D eigenvalue weighted by Gasteiger charge is 2.28. The molecule has 178 valence electrons. The fraction of sp³-hybridized carbons (Fsp3) is 0.273. The third-order valence-corrected chi connectivity index (χ3v) is 6.38. The largest absolute Gasteiger partial charge is 0.497 e. The number of nitro benzene ring substituents is 1. The lowest BCUT2D eigenvalue weighted by Crippen LogP contribution is -2.47. The number of benzene rings is 2. The second-order valence-electron chi connectivity index (χ2n) is 7.39. The van der Waals surface area contributed by atoms with E-state index in [1.807, 2.05) is 26.0 Å². The summed E-state index contributed by atoms with van der Waals surface area (Å²) in [7, 11) is 1.58. The first-order valence-electron chi connectivity index (χ1n) is 10.3. The van der Waals surface area contributed by atoms with Crippen LogP contribution in [0, 0.1) is 16.0 Å². The molecule has 0 saturated heterocycles. The Balaban J connectivity index is 1.74. The number of ether oxygens (including phenoxy) is 1. The molecule has 2 unspecified atom stereocenters. The van der Waals surface area contributed by atoms with Crippen LogP contribution in [0.2, 0.25) is 5.02 Å². The van der Waals surface area contributed by atoms with Crippen molar-refractivity contribution in [1.29, 1.82) is 0 Å². The maximum atomic E-state index is 13.0. The first kappa shape index (κ1) is 25.1. The Bertz CT molecular complexity index is 1200. The number of amides is 2. The van der Waals surface area contributed by atoms with Crippen LogP contribution < -0.4 is 15.4 Å². The molecule has 1 aromatic heterocycles. The van der Waals surface area contributed by atoms with Gasteiger partial charge in [-0.05, 0) is 36.2 Å². The van der Waals surface area contributed by atoms with Gasteiger partial charge >= 0.3 is 0 Å². The van der Waals surface area contributed by atoms with Crippen molar-refractivity contribution in [2.24, 2.45) is 5.92 Å². The molecular weight excluding hydrogens is 482 g/mol. The van der Waals surface area contributed by atoms with Crippen LogP contribution in [0.4, 0.5) is 10.8 Å². The monoisotopic (exact) mass is 503 g/mol. The van der Waals surface area contributed by atoms with Crippen LogP contribution in [0.15, 0.2) is 42.5 Å². The molecule has 34 heavy (non-hydrogen) atoms. The molecule has 2 amide bonds. The predicted molar refractivity (Wildman–Crippen MR) is 129 cm³/mol. The minimum absolute atomic E-state index is 0.0334. The van der Waals surface area contributed by atoms with Crippen molar-refractivity contribution in [3.8, 4) is 16.3 Å². The van der Waals surface area contributed by atoms with E-state index in [2.05, 4.69) is 20.8 Å². The van der Waals surface area contributed by atoms with Gasteiger partial charge in [0.1, 0.15) is 16.8 Å². The maximum absolute atomic E-state index is 13.0. The van der Waals surface area contributed by atoms with Crippen LogP contribution in [0.3, 0.4) is 0 Å². The van der Waals surface area contributed by atoms with Gasteiger partial charge in [0.2, 0.25) is 11.0 Å². The van der Waals surface area contributed by atoms with Gasteiger partial charge in [-0.2, -0.15) is 0 Å². The van der Waals surface area contributed by atoms with Gasteiger partial charge in [-0.1, -0.05) is 43.2 Å². The molecule has 3 aromatic rings. The number of aromatic nitrogens is 2. The summed E-state index contributed by atoms with van der Waals surface area (Å²) in [4.78, 5) is 36.1. The van der Waals surface area contributed by atoms with Gasteiger partial charge in [-0.25, -0.2) is 0 Å². The van der Waals surface area contributed by atoms with Gasteiger partial charge in [0.25, 0.3) is 11.6 Å². The molecule has 12 heteroatoms. The van der Waals surface area contributed by atoms with E-state index in [0.717, 1.165) is 11.6 Å². The second-order valence-corrected chi connectivity index (χ2v) is 8.77. The van der Waals surface area contributed by atoms with Crippen molar-refractivity contribution in [2.75, 3.05) is 12.4 Å². The second kappa shape index (κ2) is 11.0. The van der Waals surface area contributed by atoms with E-state index >= 15 is 0 Å². The van der Waals surface area contributed by atoms with Crippen molar-refractivity contribution in [2.45, 2.75) is 26.3 Å². The summed E-state index contributed by atoms with van der Waals surface area (Å²) in [5.41, 5.74) is 0.617. The highest BCUT2D eigenvalue weighted by Crippen LogP contribution is 2.28. The average Bonchev–Trinajstić information content (AvgIpc) is 3.30. The lowest BCUT2D eigenvalue weighted by Gasteiger charge is -2.23. The summed E-state index contributed by atoms with van der Waals surface area (Å²) in [6, 6.07) is 9.91. The first-order chi connectivity index (χ1) is 16.2. The molecule has 1 heterocycles. The molecule has 0 aliphatic carbocycles. The number of rotatable bonds is 9. The first-order valence-corrected chi connectivity index (χ1v) is 11.5. The third-order valence-electron chi connectivity index (χ3n) is 5.18. The fourth-order valence-corrected chi connectivity index (χ4v) is 4.04. The number of nitrogens with one attached hydrogen (secondary N) is 2. The van der Waals surface area contributed by atoms with Gasteiger partial charge in [0.15, 0.2) is 0 Å². The number of methoxy groups -OCH3 is 1.